The summed E-state index contributed by atoms with van der Waals surface area (Å²) in [5.41, 5.74) is 12.3. The number of benzene rings is 1. The van der Waals surface area contributed by atoms with Gasteiger partial charge in [0, 0.05) is 16.7 Å². The van der Waals surface area contributed by atoms with Crippen molar-refractivity contribution in [2.24, 2.45) is 11.7 Å². The number of primary amides is 1. The molecule has 0 radical (unpaired) electrons. The van der Waals surface area contributed by atoms with Crippen LogP contribution in [0.1, 0.15) is 12.8 Å². The Bertz CT molecular complexity index is 550. The Morgan fingerprint density at radius 3 is 2.86 bits per heavy atom. The van der Waals surface area contributed by atoms with E-state index in [1.807, 2.05) is 4.90 Å². The summed E-state index contributed by atoms with van der Waals surface area (Å²) in [5, 5.41) is 2.83. The molecule has 7 heteroatoms. The van der Waals surface area contributed by atoms with Crippen LogP contribution in [-0.4, -0.2) is 36.3 Å². The van der Waals surface area contributed by atoms with Gasteiger partial charge in [0.15, 0.2) is 0 Å². The van der Waals surface area contributed by atoms with Crippen molar-refractivity contribution in [2.75, 3.05) is 30.7 Å². The number of carbonyl (C=O) groups is 2. The number of hydrogen-bond acceptors (Lipinski definition) is 4. The van der Waals surface area contributed by atoms with Gasteiger partial charge in [0.05, 0.1) is 18.2 Å². The Kier molecular flexibility index (Phi) is 5.19. The molecule has 1 aromatic rings. The third-order valence-electron chi connectivity index (χ3n) is 3.54. The Hall–Kier alpha value is -1.60. The molecule has 1 aliphatic rings. The molecule has 1 atom stereocenters. The van der Waals surface area contributed by atoms with Gasteiger partial charge in [-0.05, 0) is 53.5 Å². The minimum atomic E-state index is -0.290. The fourth-order valence-corrected chi connectivity index (χ4v) is 2.95. The number of nitrogens with one attached hydrogen (secondary N) is 1. The summed E-state index contributed by atoms with van der Waals surface area (Å²) in [6.45, 7) is 1.60. The molecule has 1 aliphatic heterocycles. The average Bonchev–Trinajstić information content (AvgIpc) is 2.42. The number of nitrogen functional groups attached to an aromatic ring is 1. The van der Waals surface area contributed by atoms with E-state index in [9.17, 15) is 9.59 Å². The Labute approximate surface area is 132 Å². The van der Waals surface area contributed by atoms with E-state index in [4.69, 9.17) is 11.5 Å². The smallest absolute Gasteiger partial charge is 0.238 e. The number of anilines is 2. The van der Waals surface area contributed by atoms with Crippen molar-refractivity contribution >= 4 is 39.1 Å². The topological polar surface area (TPSA) is 101 Å². The summed E-state index contributed by atoms with van der Waals surface area (Å²) >= 11 is 3.36. The second-order valence-electron chi connectivity index (χ2n) is 5.26. The van der Waals surface area contributed by atoms with Crippen molar-refractivity contribution in [3.63, 3.8) is 0 Å². The van der Waals surface area contributed by atoms with Crippen molar-refractivity contribution in [3.8, 4) is 0 Å². The Balaban J connectivity index is 1.91. The summed E-state index contributed by atoms with van der Waals surface area (Å²) in [6.07, 6.45) is 1.68. The van der Waals surface area contributed by atoms with Crippen molar-refractivity contribution < 1.29 is 9.59 Å². The van der Waals surface area contributed by atoms with E-state index < -0.39 is 0 Å². The van der Waals surface area contributed by atoms with Gasteiger partial charge in [0.25, 0.3) is 0 Å². The van der Waals surface area contributed by atoms with Crippen LogP contribution in [0.4, 0.5) is 11.4 Å². The van der Waals surface area contributed by atoms with Gasteiger partial charge in [-0.25, -0.2) is 0 Å². The normalized spacial score (nSPS) is 19.2. The molecule has 0 spiro atoms. The number of nitrogens with zero attached hydrogens (tertiary/aromatic N) is 1. The molecule has 1 fully saturated rings. The van der Waals surface area contributed by atoms with Crippen LogP contribution in [0.3, 0.4) is 0 Å². The minimum Gasteiger partial charge on any atom is -0.399 e. The van der Waals surface area contributed by atoms with Crippen molar-refractivity contribution in [1.29, 1.82) is 0 Å². The lowest BCUT2D eigenvalue weighted by Crippen LogP contribution is -2.44. The quantitative estimate of drug-likeness (QED) is 0.706. The van der Waals surface area contributed by atoms with Gasteiger partial charge >= 0.3 is 0 Å². The first-order valence-electron chi connectivity index (χ1n) is 6.82. The molecule has 0 aliphatic carbocycles. The summed E-state index contributed by atoms with van der Waals surface area (Å²) < 4.78 is 0.740. The number of likely N-dealkylation sites (tertiary alicyclic amines) is 1. The Morgan fingerprint density at radius 2 is 2.19 bits per heavy atom. The highest BCUT2D eigenvalue weighted by Crippen LogP contribution is 2.24. The van der Waals surface area contributed by atoms with Crippen molar-refractivity contribution in [2.45, 2.75) is 12.8 Å². The molecular formula is C14H19BrN4O2. The zero-order chi connectivity index (χ0) is 15.4. The SMILES string of the molecule is NC(=O)C1CCCN(CC(=O)Nc2ccc(N)cc2Br)C1. The van der Waals surface area contributed by atoms with Crippen LogP contribution in [0.2, 0.25) is 0 Å². The van der Waals surface area contributed by atoms with Gasteiger partial charge in [-0.1, -0.05) is 0 Å². The minimum absolute atomic E-state index is 0.120. The zero-order valence-corrected chi connectivity index (χ0v) is 13.2. The molecule has 2 rings (SSSR count). The van der Waals surface area contributed by atoms with E-state index in [0.717, 1.165) is 23.9 Å². The van der Waals surface area contributed by atoms with E-state index in [1.54, 1.807) is 18.2 Å². The number of halogens is 1. The second kappa shape index (κ2) is 6.91. The van der Waals surface area contributed by atoms with Gasteiger partial charge in [-0.15, -0.1) is 0 Å². The predicted octanol–water partition coefficient (Wildman–Crippen LogP) is 1.17. The van der Waals surface area contributed by atoms with Crippen LogP contribution >= 0.6 is 15.9 Å². The highest BCUT2D eigenvalue weighted by atomic mass is 79.9. The maximum Gasteiger partial charge on any atom is 0.238 e. The van der Waals surface area contributed by atoms with Gasteiger partial charge in [-0.3, -0.25) is 14.5 Å². The van der Waals surface area contributed by atoms with Crippen LogP contribution in [0.5, 0.6) is 0 Å². The van der Waals surface area contributed by atoms with Crippen LogP contribution < -0.4 is 16.8 Å². The van der Waals surface area contributed by atoms with E-state index in [1.165, 1.54) is 0 Å². The largest absolute Gasteiger partial charge is 0.399 e. The lowest BCUT2D eigenvalue weighted by molar-refractivity contribution is -0.125. The molecule has 0 saturated carbocycles. The van der Waals surface area contributed by atoms with Crippen molar-refractivity contribution in [1.82, 2.24) is 4.90 Å². The molecule has 1 unspecified atom stereocenters. The summed E-state index contributed by atoms with van der Waals surface area (Å²) in [5.74, 6) is -0.568. The molecule has 0 aromatic heterocycles. The predicted molar refractivity (Wildman–Crippen MR) is 85.5 cm³/mol. The zero-order valence-electron chi connectivity index (χ0n) is 11.6. The average molecular weight is 355 g/mol. The highest BCUT2D eigenvalue weighted by molar-refractivity contribution is 9.10. The van der Waals surface area contributed by atoms with E-state index in [0.29, 0.717) is 17.9 Å². The van der Waals surface area contributed by atoms with Crippen LogP contribution in [0.15, 0.2) is 22.7 Å². The first-order valence-corrected chi connectivity index (χ1v) is 7.61. The summed E-state index contributed by atoms with van der Waals surface area (Å²) in [7, 11) is 0. The third-order valence-corrected chi connectivity index (χ3v) is 4.20. The van der Waals surface area contributed by atoms with Gasteiger partial charge < -0.3 is 16.8 Å². The molecule has 5 N–H and O–H groups in total. The number of hydrogen-bond donors (Lipinski definition) is 3. The van der Waals surface area contributed by atoms with E-state index >= 15 is 0 Å². The fourth-order valence-electron chi connectivity index (χ4n) is 2.46. The lowest BCUT2D eigenvalue weighted by atomic mass is 9.97. The van der Waals surface area contributed by atoms with Crippen LogP contribution in [0, 0.1) is 5.92 Å². The number of nitrogens with two attached hydrogens (primary N) is 2. The standard InChI is InChI=1S/C14H19BrN4O2/c15-11-6-10(16)3-4-12(11)18-13(20)8-19-5-1-2-9(7-19)14(17)21/h3-4,6,9H,1-2,5,7-8,16H2,(H2,17,21)(H,18,20). The van der Waals surface area contributed by atoms with Gasteiger partial charge in [-0.2, -0.15) is 0 Å². The molecule has 0 bridgehead atoms. The summed E-state index contributed by atoms with van der Waals surface area (Å²) in [4.78, 5) is 25.3. The molecule has 114 valence electrons. The first-order chi connectivity index (χ1) is 9.95. The molecular weight excluding hydrogens is 336 g/mol. The lowest BCUT2D eigenvalue weighted by Gasteiger charge is -2.30. The molecule has 1 aromatic carbocycles. The fraction of sp³-hybridized carbons (Fsp3) is 0.429. The number of carbonyl (C=O) groups excluding carboxylic acids is 2. The monoisotopic (exact) mass is 354 g/mol. The maximum atomic E-state index is 12.1. The van der Waals surface area contributed by atoms with Crippen LogP contribution in [0.25, 0.3) is 0 Å². The van der Waals surface area contributed by atoms with E-state index in [-0.39, 0.29) is 24.3 Å². The molecule has 2 amide bonds. The number of rotatable bonds is 4. The number of piperidine rings is 1. The first kappa shape index (κ1) is 15.8. The third kappa shape index (κ3) is 4.44. The van der Waals surface area contributed by atoms with Crippen LogP contribution in [-0.2, 0) is 9.59 Å². The van der Waals surface area contributed by atoms with E-state index in [2.05, 4.69) is 21.2 Å². The second-order valence-corrected chi connectivity index (χ2v) is 6.12. The highest BCUT2D eigenvalue weighted by Gasteiger charge is 2.25. The Morgan fingerprint density at radius 1 is 1.43 bits per heavy atom. The molecule has 21 heavy (non-hydrogen) atoms. The summed E-state index contributed by atoms with van der Waals surface area (Å²) in [6, 6.07) is 5.21. The molecule has 6 nitrogen and oxygen atoms in total. The van der Waals surface area contributed by atoms with Gasteiger partial charge in [0.1, 0.15) is 0 Å². The number of amides is 2. The molecule has 1 heterocycles. The van der Waals surface area contributed by atoms with Gasteiger partial charge in [0.2, 0.25) is 11.8 Å². The molecule has 1 saturated heterocycles. The van der Waals surface area contributed by atoms with Crippen molar-refractivity contribution in [3.05, 3.63) is 22.7 Å². The maximum absolute atomic E-state index is 12.1.